The van der Waals surface area contributed by atoms with Gasteiger partial charge in [0.25, 0.3) is 0 Å². The van der Waals surface area contributed by atoms with Crippen molar-refractivity contribution in [3.8, 4) is 11.5 Å². The molecule has 0 amide bonds. The highest BCUT2D eigenvalue weighted by atomic mass is 16.5. The van der Waals surface area contributed by atoms with Gasteiger partial charge in [0, 0.05) is 25.7 Å². The highest BCUT2D eigenvalue weighted by Crippen LogP contribution is 2.33. The molecular formula is C18H28N2O2. The van der Waals surface area contributed by atoms with E-state index in [1.165, 1.54) is 30.4 Å². The van der Waals surface area contributed by atoms with Gasteiger partial charge in [0.05, 0.1) is 14.2 Å². The molecule has 0 unspecified atom stereocenters. The van der Waals surface area contributed by atoms with Crippen molar-refractivity contribution in [2.45, 2.75) is 39.0 Å². The van der Waals surface area contributed by atoms with Crippen LogP contribution in [0.15, 0.2) is 17.1 Å². The number of ether oxygens (including phenoxy) is 2. The first-order valence-electron chi connectivity index (χ1n) is 8.22. The summed E-state index contributed by atoms with van der Waals surface area (Å²) in [6.07, 6.45) is 5.99. The number of nitrogens with zero attached hydrogens (tertiary/aromatic N) is 2. The lowest BCUT2D eigenvalue weighted by Crippen LogP contribution is -2.35. The van der Waals surface area contributed by atoms with Crippen LogP contribution in [0.1, 0.15) is 43.7 Å². The third kappa shape index (κ3) is 3.73. The van der Waals surface area contributed by atoms with Crippen LogP contribution in [-0.2, 0) is 6.42 Å². The van der Waals surface area contributed by atoms with E-state index in [0.29, 0.717) is 0 Å². The van der Waals surface area contributed by atoms with Gasteiger partial charge < -0.3 is 14.4 Å². The summed E-state index contributed by atoms with van der Waals surface area (Å²) in [4.78, 5) is 7.10. The van der Waals surface area contributed by atoms with Crippen molar-refractivity contribution in [3.05, 3.63) is 23.3 Å². The number of amidine groups is 1. The minimum absolute atomic E-state index is 0.773. The van der Waals surface area contributed by atoms with E-state index in [1.807, 2.05) is 0 Å². The first kappa shape index (κ1) is 16.7. The lowest BCUT2D eigenvalue weighted by Gasteiger charge is -2.29. The van der Waals surface area contributed by atoms with Gasteiger partial charge in [-0.25, -0.2) is 0 Å². The molecule has 4 nitrogen and oxygen atoms in total. The molecule has 0 aliphatic carbocycles. The van der Waals surface area contributed by atoms with Crippen molar-refractivity contribution in [1.82, 2.24) is 4.90 Å². The third-order valence-corrected chi connectivity index (χ3v) is 4.20. The highest BCUT2D eigenvalue weighted by Gasteiger charge is 2.22. The lowest BCUT2D eigenvalue weighted by atomic mass is 9.98. The van der Waals surface area contributed by atoms with Gasteiger partial charge in [-0.3, -0.25) is 4.99 Å². The molecule has 0 saturated carbocycles. The van der Waals surface area contributed by atoms with Gasteiger partial charge in [-0.2, -0.15) is 0 Å². The maximum Gasteiger partial charge on any atom is 0.161 e. The molecule has 0 radical (unpaired) electrons. The van der Waals surface area contributed by atoms with Crippen LogP contribution in [0.25, 0.3) is 0 Å². The van der Waals surface area contributed by atoms with Crippen molar-refractivity contribution < 1.29 is 9.47 Å². The number of hydrogen-bond donors (Lipinski definition) is 0. The number of benzene rings is 1. The number of unbranched alkanes of at least 4 members (excludes halogenated alkanes) is 3. The summed E-state index contributed by atoms with van der Waals surface area (Å²) in [6.45, 7) is 4.13. The zero-order valence-electron chi connectivity index (χ0n) is 14.3. The molecule has 2 rings (SSSR count). The van der Waals surface area contributed by atoms with E-state index in [4.69, 9.17) is 14.5 Å². The van der Waals surface area contributed by atoms with E-state index >= 15 is 0 Å². The summed E-state index contributed by atoms with van der Waals surface area (Å²) in [7, 11) is 5.48. The van der Waals surface area contributed by atoms with Crippen LogP contribution >= 0.6 is 0 Å². The Labute approximate surface area is 134 Å². The van der Waals surface area contributed by atoms with Gasteiger partial charge in [-0.15, -0.1) is 0 Å². The minimum atomic E-state index is 0.773. The second kappa shape index (κ2) is 8.06. The van der Waals surface area contributed by atoms with Crippen molar-refractivity contribution in [3.63, 3.8) is 0 Å². The second-order valence-electron chi connectivity index (χ2n) is 5.80. The third-order valence-electron chi connectivity index (χ3n) is 4.20. The van der Waals surface area contributed by atoms with Crippen LogP contribution in [0.2, 0.25) is 0 Å². The Balaban J connectivity index is 2.23. The molecule has 1 aromatic carbocycles. The fourth-order valence-corrected chi connectivity index (χ4v) is 2.87. The van der Waals surface area contributed by atoms with Crippen LogP contribution in [-0.4, -0.2) is 45.1 Å². The number of aliphatic imine (C=N–C) groups is 1. The molecule has 1 aromatic rings. The van der Waals surface area contributed by atoms with Crippen LogP contribution in [0, 0.1) is 0 Å². The Morgan fingerprint density at radius 2 is 1.82 bits per heavy atom. The van der Waals surface area contributed by atoms with Crippen LogP contribution in [0.3, 0.4) is 0 Å². The molecule has 1 heterocycles. The summed E-state index contributed by atoms with van der Waals surface area (Å²) in [5.41, 5.74) is 2.48. The van der Waals surface area contributed by atoms with Gasteiger partial charge in [0.1, 0.15) is 5.84 Å². The average Bonchev–Trinajstić information content (AvgIpc) is 2.55. The zero-order valence-corrected chi connectivity index (χ0v) is 14.3. The molecule has 0 atom stereocenters. The molecule has 0 aromatic heterocycles. The monoisotopic (exact) mass is 304 g/mol. The average molecular weight is 304 g/mol. The van der Waals surface area contributed by atoms with Crippen LogP contribution in [0.4, 0.5) is 0 Å². The molecule has 1 aliphatic heterocycles. The van der Waals surface area contributed by atoms with E-state index in [0.717, 1.165) is 43.3 Å². The zero-order chi connectivity index (χ0) is 15.9. The molecule has 1 aliphatic rings. The SMILES string of the molecule is CCCCCCN=C1c2cc(OC)c(OC)cc2CCN1C. The first-order valence-corrected chi connectivity index (χ1v) is 8.22. The fraction of sp³-hybridized carbons (Fsp3) is 0.611. The predicted molar refractivity (Wildman–Crippen MR) is 91.4 cm³/mol. The smallest absolute Gasteiger partial charge is 0.161 e. The molecule has 122 valence electrons. The summed E-state index contributed by atoms with van der Waals surface area (Å²) >= 11 is 0. The molecule has 22 heavy (non-hydrogen) atoms. The quantitative estimate of drug-likeness (QED) is 0.723. The highest BCUT2D eigenvalue weighted by molar-refractivity contribution is 6.01. The lowest BCUT2D eigenvalue weighted by molar-refractivity contribution is 0.353. The van der Waals surface area contributed by atoms with Crippen molar-refractivity contribution in [2.75, 3.05) is 34.4 Å². The number of methoxy groups -OCH3 is 2. The number of rotatable bonds is 7. The molecule has 0 bridgehead atoms. The van der Waals surface area contributed by atoms with E-state index in [-0.39, 0.29) is 0 Å². The molecule has 0 spiro atoms. The largest absolute Gasteiger partial charge is 0.493 e. The summed E-state index contributed by atoms with van der Waals surface area (Å²) in [5, 5.41) is 0. The summed E-state index contributed by atoms with van der Waals surface area (Å²) < 4.78 is 10.9. The topological polar surface area (TPSA) is 34.1 Å². The van der Waals surface area contributed by atoms with E-state index in [2.05, 4.69) is 31.0 Å². The van der Waals surface area contributed by atoms with Gasteiger partial charge in [0.15, 0.2) is 11.5 Å². The standard InChI is InChI=1S/C18H28N2O2/c1-5-6-7-8-10-19-18-15-13-17(22-4)16(21-3)12-14(15)9-11-20(18)2/h12-13H,5-11H2,1-4H3. The maximum atomic E-state index is 5.44. The van der Waals surface area contributed by atoms with Crippen molar-refractivity contribution >= 4 is 5.84 Å². The molecular weight excluding hydrogens is 276 g/mol. The Hall–Kier alpha value is -1.71. The Morgan fingerprint density at radius 1 is 1.09 bits per heavy atom. The minimum Gasteiger partial charge on any atom is -0.493 e. The van der Waals surface area contributed by atoms with Crippen LogP contribution < -0.4 is 9.47 Å². The predicted octanol–water partition coefficient (Wildman–Crippen LogP) is 3.52. The van der Waals surface area contributed by atoms with Crippen molar-refractivity contribution in [2.24, 2.45) is 4.99 Å². The van der Waals surface area contributed by atoms with Crippen LogP contribution in [0.5, 0.6) is 11.5 Å². The molecule has 0 saturated heterocycles. The number of likely N-dealkylation sites (N-methyl/N-ethyl adjacent to an activating group) is 1. The fourth-order valence-electron chi connectivity index (χ4n) is 2.87. The molecule has 0 N–H and O–H groups in total. The van der Waals surface area contributed by atoms with E-state index in [1.54, 1.807) is 14.2 Å². The summed E-state index contributed by atoms with van der Waals surface area (Å²) in [5.74, 6) is 2.65. The summed E-state index contributed by atoms with van der Waals surface area (Å²) in [6, 6.07) is 4.16. The van der Waals surface area contributed by atoms with Gasteiger partial charge in [-0.1, -0.05) is 26.2 Å². The Kier molecular flexibility index (Phi) is 6.10. The van der Waals surface area contributed by atoms with Gasteiger partial charge >= 0.3 is 0 Å². The van der Waals surface area contributed by atoms with E-state index in [9.17, 15) is 0 Å². The normalized spacial score (nSPS) is 15.8. The molecule has 0 fully saturated rings. The van der Waals surface area contributed by atoms with Crippen molar-refractivity contribution in [1.29, 1.82) is 0 Å². The van der Waals surface area contributed by atoms with Gasteiger partial charge in [-0.05, 0) is 30.5 Å². The van der Waals surface area contributed by atoms with E-state index < -0.39 is 0 Å². The Morgan fingerprint density at radius 3 is 2.50 bits per heavy atom. The maximum absolute atomic E-state index is 5.44. The number of fused-ring (bicyclic) bond motifs is 1. The Bertz CT molecular complexity index is 526. The van der Waals surface area contributed by atoms with Gasteiger partial charge in [0.2, 0.25) is 0 Å². The first-order chi connectivity index (χ1) is 10.7. The number of hydrogen-bond acceptors (Lipinski definition) is 3. The molecule has 4 heteroatoms. The second-order valence-corrected chi connectivity index (χ2v) is 5.80.